The van der Waals surface area contributed by atoms with Crippen LogP contribution in [0.5, 0.6) is 5.75 Å². The van der Waals surface area contributed by atoms with E-state index in [1.807, 2.05) is 6.07 Å². The lowest BCUT2D eigenvalue weighted by molar-refractivity contribution is 0.463. The summed E-state index contributed by atoms with van der Waals surface area (Å²) in [6.07, 6.45) is 3.48. The molecule has 0 atom stereocenters. The molecule has 0 aliphatic carbocycles. The van der Waals surface area contributed by atoms with Crippen molar-refractivity contribution in [3.63, 3.8) is 0 Å². The van der Waals surface area contributed by atoms with Crippen LogP contribution in [0.3, 0.4) is 0 Å². The first-order valence-electron chi connectivity index (χ1n) is 5.47. The molecule has 0 unspecified atom stereocenters. The van der Waals surface area contributed by atoms with Gasteiger partial charge in [-0.2, -0.15) is 0 Å². The van der Waals surface area contributed by atoms with Crippen molar-refractivity contribution in [3.8, 4) is 5.75 Å². The molecule has 1 heteroatoms. The van der Waals surface area contributed by atoms with E-state index in [1.165, 1.54) is 18.4 Å². The highest BCUT2D eigenvalue weighted by Gasteiger charge is 2.10. The zero-order valence-corrected chi connectivity index (χ0v) is 9.38. The van der Waals surface area contributed by atoms with E-state index in [-0.39, 0.29) is 0 Å². The second-order valence-corrected chi connectivity index (χ2v) is 4.11. The second-order valence-electron chi connectivity index (χ2n) is 4.11. The highest BCUT2D eigenvalue weighted by Crippen LogP contribution is 2.29. The highest BCUT2D eigenvalue weighted by atomic mass is 16.3. The van der Waals surface area contributed by atoms with Gasteiger partial charge in [0.1, 0.15) is 5.75 Å². The molecule has 0 fully saturated rings. The molecular weight excluding hydrogens is 172 g/mol. The number of phenolic OH excluding ortho intramolecular Hbond substituents is 1. The van der Waals surface area contributed by atoms with Gasteiger partial charge in [-0.3, -0.25) is 0 Å². The monoisotopic (exact) mass is 192 g/mol. The van der Waals surface area contributed by atoms with E-state index < -0.39 is 0 Å². The van der Waals surface area contributed by atoms with Crippen LogP contribution in [0.4, 0.5) is 0 Å². The number of benzene rings is 1. The summed E-state index contributed by atoms with van der Waals surface area (Å²) in [5, 5.41) is 9.76. The van der Waals surface area contributed by atoms with E-state index in [0.29, 0.717) is 11.7 Å². The molecule has 0 amide bonds. The average molecular weight is 192 g/mol. The van der Waals surface area contributed by atoms with Gasteiger partial charge in [-0.25, -0.2) is 0 Å². The highest BCUT2D eigenvalue weighted by molar-refractivity contribution is 5.41. The molecular formula is C13H20O. The molecule has 0 saturated carbocycles. The van der Waals surface area contributed by atoms with Crippen LogP contribution in [0.2, 0.25) is 0 Å². The van der Waals surface area contributed by atoms with Crippen LogP contribution in [0, 0.1) is 0 Å². The van der Waals surface area contributed by atoms with Crippen molar-refractivity contribution < 1.29 is 5.11 Å². The van der Waals surface area contributed by atoms with E-state index in [0.717, 1.165) is 12.0 Å². The van der Waals surface area contributed by atoms with Gasteiger partial charge in [0.15, 0.2) is 0 Å². The summed E-state index contributed by atoms with van der Waals surface area (Å²) in [5.41, 5.74) is 2.43. The predicted molar refractivity (Wildman–Crippen MR) is 60.8 cm³/mol. The number of unbranched alkanes of at least 4 members (excludes halogenated alkanes) is 1. The van der Waals surface area contributed by atoms with E-state index in [4.69, 9.17) is 0 Å². The van der Waals surface area contributed by atoms with E-state index in [1.54, 1.807) is 6.07 Å². The summed E-state index contributed by atoms with van der Waals surface area (Å²) in [4.78, 5) is 0. The molecule has 0 aliphatic heterocycles. The minimum absolute atomic E-state index is 0.406. The lowest BCUT2D eigenvalue weighted by Gasteiger charge is -2.14. The van der Waals surface area contributed by atoms with Crippen LogP contribution in [0.25, 0.3) is 0 Å². The molecule has 0 aliphatic rings. The van der Waals surface area contributed by atoms with Crippen molar-refractivity contribution in [2.75, 3.05) is 0 Å². The molecule has 1 N–H and O–H groups in total. The minimum Gasteiger partial charge on any atom is -0.508 e. The van der Waals surface area contributed by atoms with Crippen LogP contribution in [-0.2, 0) is 6.42 Å². The summed E-state index contributed by atoms with van der Waals surface area (Å²) >= 11 is 0. The molecule has 0 heterocycles. The number of hydrogen-bond donors (Lipinski definition) is 1. The Morgan fingerprint density at radius 2 is 2.00 bits per heavy atom. The first kappa shape index (κ1) is 11.1. The molecule has 0 spiro atoms. The molecule has 1 aromatic rings. The molecule has 0 radical (unpaired) electrons. The Labute approximate surface area is 86.8 Å². The summed E-state index contributed by atoms with van der Waals surface area (Å²) in [5.74, 6) is 0.858. The summed E-state index contributed by atoms with van der Waals surface area (Å²) in [6.45, 7) is 6.45. The Kier molecular flexibility index (Phi) is 3.99. The molecule has 1 rings (SSSR count). The lowest BCUT2D eigenvalue weighted by atomic mass is 9.93. The van der Waals surface area contributed by atoms with Crippen molar-refractivity contribution >= 4 is 0 Å². The predicted octanol–water partition coefficient (Wildman–Crippen LogP) is 3.86. The van der Waals surface area contributed by atoms with Gasteiger partial charge < -0.3 is 5.11 Å². The molecule has 1 aromatic carbocycles. The van der Waals surface area contributed by atoms with Crippen LogP contribution in [0.1, 0.15) is 50.7 Å². The fourth-order valence-electron chi connectivity index (χ4n) is 1.85. The van der Waals surface area contributed by atoms with Gasteiger partial charge in [-0.15, -0.1) is 0 Å². The number of aryl methyl sites for hydroxylation is 1. The fraction of sp³-hybridized carbons (Fsp3) is 0.538. The van der Waals surface area contributed by atoms with E-state index in [9.17, 15) is 5.11 Å². The van der Waals surface area contributed by atoms with Gasteiger partial charge in [0.25, 0.3) is 0 Å². The molecule has 0 bridgehead atoms. The van der Waals surface area contributed by atoms with Crippen LogP contribution < -0.4 is 0 Å². The number of rotatable bonds is 4. The van der Waals surface area contributed by atoms with E-state index >= 15 is 0 Å². The topological polar surface area (TPSA) is 20.2 Å². The number of hydrogen-bond acceptors (Lipinski definition) is 1. The van der Waals surface area contributed by atoms with Gasteiger partial charge in [-0.05, 0) is 36.0 Å². The third kappa shape index (κ3) is 2.50. The van der Waals surface area contributed by atoms with Crippen LogP contribution in [-0.4, -0.2) is 5.11 Å². The largest absolute Gasteiger partial charge is 0.508 e. The van der Waals surface area contributed by atoms with Gasteiger partial charge in [-0.1, -0.05) is 39.3 Å². The normalized spacial score (nSPS) is 10.9. The summed E-state index contributed by atoms with van der Waals surface area (Å²) < 4.78 is 0. The second kappa shape index (κ2) is 5.04. The minimum atomic E-state index is 0.406. The Morgan fingerprint density at radius 3 is 2.57 bits per heavy atom. The zero-order chi connectivity index (χ0) is 10.6. The third-order valence-corrected chi connectivity index (χ3v) is 2.55. The maximum Gasteiger partial charge on any atom is 0.119 e. The van der Waals surface area contributed by atoms with Crippen molar-refractivity contribution in [1.29, 1.82) is 0 Å². The molecule has 1 nitrogen and oxygen atoms in total. The number of phenols is 1. The first-order valence-corrected chi connectivity index (χ1v) is 5.47. The fourth-order valence-corrected chi connectivity index (χ4v) is 1.85. The van der Waals surface area contributed by atoms with Gasteiger partial charge in [0.2, 0.25) is 0 Å². The quantitative estimate of drug-likeness (QED) is 0.768. The van der Waals surface area contributed by atoms with Gasteiger partial charge in [0.05, 0.1) is 0 Å². The Morgan fingerprint density at radius 1 is 1.29 bits per heavy atom. The molecule has 78 valence electrons. The molecule has 0 saturated heterocycles. The van der Waals surface area contributed by atoms with Gasteiger partial charge in [0, 0.05) is 0 Å². The average Bonchev–Trinajstić information content (AvgIpc) is 2.14. The zero-order valence-electron chi connectivity index (χ0n) is 9.38. The number of aromatic hydroxyl groups is 1. The molecule has 14 heavy (non-hydrogen) atoms. The summed E-state index contributed by atoms with van der Waals surface area (Å²) in [6, 6.07) is 5.85. The van der Waals surface area contributed by atoms with Crippen molar-refractivity contribution in [3.05, 3.63) is 29.3 Å². The maximum absolute atomic E-state index is 9.76. The molecule has 0 aromatic heterocycles. The van der Waals surface area contributed by atoms with Crippen molar-refractivity contribution in [2.24, 2.45) is 0 Å². The Hall–Kier alpha value is -0.980. The lowest BCUT2D eigenvalue weighted by Crippen LogP contribution is -1.97. The van der Waals surface area contributed by atoms with E-state index in [2.05, 4.69) is 26.8 Å². The standard InChI is InChI=1S/C13H20O/c1-4-5-7-11-8-6-9-12(14)13(11)10(2)3/h6,8-10,14H,4-5,7H2,1-3H3. The van der Waals surface area contributed by atoms with Crippen molar-refractivity contribution in [2.45, 2.75) is 46.0 Å². The summed E-state index contributed by atoms with van der Waals surface area (Å²) in [7, 11) is 0. The Bertz CT molecular complexity index is 289. The van der Waals surface area contributed by atoms with Crippen LogP contribution >= 0.6 is 0 Å². The SMILES string of the molecule is CCCCc1cccc(O)c1C(C)C. The first-order chi connectivity index (χ1) is 6.66. The maximum atomic E-state index is 9.76. The smallest absolute Gasteiger partial charge is 0.119 e. The van der Waals surface area contributed by atoms with Crippen LogP contribution in [0.15, 0.2) is 18.2 Å². The Balaban J connectivity index is 2.96. The third-order valence-electron chi connectivity index (χ3n) is 2.55. The van der Waals surface area contributed by atoms with Gasteiger partial charge >= 0.3 is 0 Å². The van der Waals surface area contributed by atoms with Crippen molar-refractivity contribution in [1.82, 2.24) is 0 Å².